The Hall–Kier alpha value is -1.07. The van der Waals surface area contributed by atoms with Crippen LogP contribution in [-0.2, 0) is 10.2 Å². The molecule has 0 atom stereocenters. The minimum Gasteiger partial charge on any atom is -0.261 e. The Kier molecular flexibility index (Phi) is 3.16. The summed E-state index contributed by atoms with van der Waals surface area (Å²) in [5.74, 6) is 0. The zero-order valence-corrected chi connectivity index (χ0v) is 10.2. The summed E-state index contributed by atoms with van der Waals surface area (Å²) in [5, 5.41) is 0. The lowest BCUT2D eigenvalue weighted by molar-refractivity contribution is 0.476. The minimum absolute atomic E-state index is 0.638. The van der Waals surface area contributed by atoms with Crippen molar-refractivity contribution in [3.63, 3.8) is 0 Å². The molecule has 0 saturated carbocycles. The van der Waals surface area contributed by atoms with Crippen molar-refractivity contribution in [1.82, 2.24) is 4.31 Å². The first kappa shape index (κ1) is 11.4. The summed E-state index contributed by atoms with van der Waals surface area (Å²) in [7, 11) is -1.72. The second kappa shape index (κ2) is 4.43. The standard InChI is InChI=1S/C11H16N2O2S/c1-12(11-7-3-2-4-8-11)16(14,15)13-9-5-6-10-13/h2-4,7-8H,5-6,9-10H2,1H3. The Morgan fingerprint density at radius 2 is 1.69 bits per heavy atom. The van der Waals surface area contributed by atoms with Gasteiger partial charge in [-0.3, -0.25) is 4.31 Å². The Morgan fingerprint density at radius 1 is 1.12 bits per heavy atom. The number of para-hydroxylation sites is 1. The normalized spacial score (nSPS) is 17.6. The molecule has 5 heteroatoms. The Morgan fingerprint density at radius 3 is 2.25 bits per heavy atom. The van der Waals surface area contributed by atoms with Gasteiger partial charge in [-0.15, -0.1) is 0 Å². The van der Waals surface area contributed by atoms with Crippen LogP contribution >= 0.6 is 0 Å². The average Bonchev–Trinajstić information content (AvgIpc) is 2.83. The van der Waals surface area contributed by atoms with Crippen molar-refractivity contribution in [2.75, 3.05) is 24.4 Å². The summed E-state index contributed by atoms with van der Waals surface area (Å²) >= 11 is 0. The van der Waals surface area contributed by atoms with Crippen molar-refractivity contribution in [3.8, 4) is 0 Å². The van der Waals surface area contributed by atoms with Crippen molar-refractivity contribution in [3.05, 3.63) is 30.3 Å². The second-order valence-corrected chi connectivity index (χ2v) is 5.88. The third-order valence-corrected chi connectivity index (χ3v) is 4.78. The van der Waals surface area contributed by atoms with Gasteiger partial charge in [0.05, 0.1) is 5.69 Å². The predicted octanol–water partition coefficient (Wildman–Crippen LogP) is 1.46. The minimum atomic E-state index is -3.33. The van der Waals surface area contributed by atoms with E-state index < -0.39 is 10.2 Å². The molecule has 0 unspecified atom stereocenters. The van der Waals surface area contributed by atoms with Gasteiger partial charge in [-0.05, 0) is 25.0 Å². The SMILES string of the molecule is CN(c1ccccc1)S(=O)(=O)N1CCCC1. The zero-order chi connectivity index (χ0) is 11.6. The van der Waals surface area contributed by atoms with E-state index in [0.29, 0.717) is 18.8 Å². The fourth-order valence-electron chi connectivity index (χ4n) is 1.86. The van der Waals surface area contributed by atoms with E-state index in [0.717, 1.165) is 12.8 Å². The van der Waals surface area contributed by atoms with Crippen molar-refractivity contribution in [1.29, 1.82) is 0 Å². The first-order valence-electron chi connectivity index (χ1n) is 5.41. The average molecular weight is 240 g/mol. The highest BCUT2D eigenvalue weighted by molar-refractivity contribution is 7.90. The monoisotopic (exact) mass is 240 g/mol. The molecule has 0 bridgehead atoms. The Balaban J connectivity index is 2.24. The van der Waals surface area contributed by atoms with E-state index in [1.165, 1.54) is 4.31 Å². The van der Waals surface area contributed by atoms with Gasteiger partial charge in [-0.1, -0.05) is 18.2 Å². The van der Waals surface area contributed by atoms with E-state index in [2.05, 4.69) is 0 Å². The van der Waals surface area contributed by atoms with Crippen molar-refractivity contribution < 1.29 is 8.42 Å². The predicted molar refractivity (Wildman–Crippen MR) is 64.6 cm³/mol. The first-order chi connectivity index (χ1) is 7.62. The molecule has 0 spiro atoms. The zero-order valence-electron chi connectivity index (χ0n) is 9.33. The number of nitrogens with zero attached hydrogens (tertiary/aromatic N) is 2. The molecule has 16 heavy (non-hydrogen) atoms. The Bertz CT molecular complexity index is 438. The molecular formula is C11H16N2O2S. The second-order valence-electron chi connectivity index (χ2n) is 3.92. The van der Waals surface area contributed by atoms with Gasteiger partial charge in [0.1, 0.15) is 0 Å². The highest BCUT2D eigenvalue weighted by atomic mass is 32.2. The van der Waals surface area contributed by atoms with Crippen LogP contribution in [0.1, 0.15) is 12.8 Å². The highest BCUT2D eigenvalue weighted by Crippen LogP contribution is 2.21. The molecule has 4 nitrogen and oxygen atoms in total. The molecule has 2 rings (SSSR count). The molecule has 0 aromatic heterocycles. The van der Waals surface area contributed by atoms with Crippen LogP contribution in [0.5, 0.6) is 0 Å². The molecule has 0 amide bonds. The molecule has 1 fully saturated rings. The smallest absolute Gasteiger partial charge is 0.261 e. The highest BCUT2D eigenvalue weighted by Gasteiger charge is 2.29. The van der Waals surface area contributed by atoms with Gasteiger partial charge in [0.15, 0.2) is 0 Å². The molecule has 0 radical (unpaired) electrons. The van der Waals surface area contributed by atoms with Crippen LogP contribution in [0, 0.1) is 0 Å². The molecule has 1 saturated heterocycles. The third-order valence-electron chi connectivity index (χ3n) is 2.86. The van der Waals surface area contributed by atoms with Gasteiger partial charge in [0, 0.05) is 20.1 Å². The van der Waals surface area contributed by atoms with E-state index in [9.17, 15) is 8.42 Å². The molecule has 1 heterocycles. The van der Waals surface area contributed by atoms with Crippen LogP contribution in [0.2, 0.25) is 0 Å². The van der Waals surface area contributed by atoms with Crippen LogP contribution in [0.15, 0.2) is 30.3 Å². The largest absolute Gasteiger partial charge is 0.303 e. The van der Waals surface area contributed by atoms with Gasteiger partial charge in [-0.2, -0.15) is 12.7 Å². The molecule has 1 aromatic rings. The third kappa shape index (κ3) is 2.05. The van der Waals surface area contributed by atoms with Gasteiger partial charge in [0.25, 0.3) is 0 Å². The van der Waals surface area contributed by atoms with E-state index >= 15 is 0 Å². The van der Waals surface area contributed by atoms with E-state index in [-0.39, 0.29) is 0 Å². The molecule has 1 aromatic carbocycles. The fraction of sp³-hybridized carbons (Fsp3) is 0.455. The fourth-order valence-corrected chi connectivity index (χ4v) is 3.32. The summed E-state index contributed by atoms with van der Waals surface area (Å²) in [6, 6.07) is 9.15. The number of benzene rings is 1. The number of rotatable bonds is 3. The molecule has 0 aliphatic carbocycles. The van der Waals surface area contributed by atoms with Crippen LogP contribution in [0.25, 0.3) is 0 Å². The number of hydrogen-bond acceptors (Lipinski definition) is 2. The van der Waals surface area contributed by atoms with Crippen LogP contribution in [0.3, 0.4) is 0 Å². The van der Waals surface area contributed by atoms with Crippen LogP contribution < -0.4 is 4.31 Å². The van der Waals surface area contributed by atoms with Crippen molar-refractivity contribution >= 4 is 15.9 Å². The summed E-state index contributed by atoms with van der Waals surface area (Å²) in [6.45, 7) is 1.28. The molecule has 0 N–H and O–H groups in total. The van der Waals surface area contributed by atoms with Crippen LogP contribution in [0.4, 0.5) is 5.69 Å². The molecule has 1 aliphatic rings. The molecule has 1 aliphatic heterocycles. The lowest BCUT2D eigenvalue weighted by atomic mass is 10.3. The van der Waals surface area contributed by atoms with Gasteiger partial charge in [0.2, 0.25) is 0 Å². The van der Waals surface area contributed by atoms with Gasteiger partial charge >= 0.3 is 10.2 Å². The topological polar surface area (TPSA) is 40.6 Å². The quantitative estimate of drug-likeness (QED) is 0.802. The number of hydrogen-bond donors (Lipinski definition) is 0. The Labute approximate surface area is 96.7 Å². The van der Waals surface area contributed by atoms with Crippen molar-refractivity contribution in [2.45, 2.75) is 12.8 Å². The lowest BCUT2D eigenvalue weighted by Crippen LogP contribution is -2.40. The molecule has 88 valence electrons. The maximum atomic E-state index is 12.2. The van der Waals surface area contributed by atoms with Crippen molar-refractivity contribution in [2.24, 2.45) is 0 Å². The number of anilines is 1. The van der Waals surface area contributed by atoms with Gasteiger partial charge in [-0.25, -0.2) is 0 Å². The maximum absolute atomic E-state index is 12.2. The van der Waals surface area contributed by atoms with E-state index in [4.69, 9.17) is 0 Å². The summed E-state index contributed by atoms with van der Waals surface area (Å²) in [5.41, 5.74) is 0.703. The summed E-state index contributed by atoms with van der Waals surface area (Å²) in [6.07, 6.45) is 1.92. The summed E-state index contributed by atoms with van der Waals surface area (Å²) < 4.78 is 27.3. The van der Waals surface area contributed by atoms with Gasteiger partial charge < -0.3 is 0 Å². The van der Waals surface area contributed by atoms with Crippen LogP contribution in [-0.4, -0.2) is 32.9 Å². The summed E-state index contributed by atoms with van der Waals surface area (Å²) in [4.78, 5) is 0. The van der Waals surface area contributed by atoms with E-state index in [1.54, 1.807) is 23.5 Å². The first-order valence-corrected chi connectivity index (χ1v) is 6.81. The van der Waals surface area contributed by atoms with E-state index in [1.807, 2.05) is 18.2 Å². The lowest BCUT2D eigenvalue weighted by Gasteiger charge is -2.25. The molecular weight excluding hydrogens is 224 g/mol. The maximum Gasteiger partial charge on any atom is 0.303 e.